The molecule has 0 fully saturated rings. The van der Waals surface area contributed by atoms with Crippen molar-refractivity contribution in [2.24, 2.45) is 0 Å². The third-order valence-electron chi connectivity index (χ3n) is 1.04. The van der Waals surface area contributed by atoms with Crippen LogP contribution >= 0.6 is 0 Å². The van der Waals surface area contributed by atoms with Gasteiger partial charge in [0.15, 0.2) is 0 Å². The molecule has 0 unspecified atom stereocenters. The first kappa shape index (κ1) is 11.3. The molecule has 0 aliphatic heterocycles. The van der Waals surface area contributed by atoms with Crippen LogP contribution < -0.4 is 56.1 Å². The molecule has 0 spiro atoms. The maximum atomic E-state index is 9.73. The average molecular weight is 174 g/mol. The molecule has 0 N–H and O–H groups in total. The molecule has 0 atom stereocenters. The van der Waals surface area contributed by atoms with Gasteiger partial charge in [0.1, 0.15) is 5.75 Å². The Morgan fingerprint density at radius 2 is 1.91 bits per heavy atom. The van der Waals surface area contributed by atoms with E-state index in [4.69, 9.17) is 4.74 Å². The number of hydrogen-bond acceptors (Lipinski definition) is 2. The Morgan fingerprint density at radius 1 is 1.27 bits per heavy atom. The number of hydrogen-bond donors (Lipinski definition) is 0. The summed E-state index contributed by atoms with van der Waals surface area (Å²) >= 11 is 0. The van der Waals surface area contributed by atoms with Crippen molar-refractivity contribution in [3.05, 3.63) is 30.3 Å². The van der Waals surface area contributed by atoms with Gasteiger partial charge in [-0.05, 0) is 18.7 Å². The molecule has 2 nitrogen and oxygen atoms in total. The zero-order chi connectivity index (χ0) is 7.23. The van der Waals surface area contributed by atoms with E-state index in [0.29, 0.717) is 5.75 Å². The van der Waals surface area contributed by atoms with Crippen LogP contribution in [0.15, 0.2) is 30.3 Å². The molecule has 0 amide bonds. The Balaban J connectivity index is 0.000001000. The van der Waals surface area contributed by atoms with Crippen LogP contribution in [-0.4, -0.2) is 12.9 Å². The van der Waals surface area contributed by atoms with Crippen LogP contribution in [0.5, 0.6) is 5.75 Å². The first-order valence-corrected chi connectivity index (χ1v) is 2.96. The molecule has 1 rings (SSSR count). The van der Waals surface area contributed by atoms with Crippen molar-refractivity contribution in [2.45, 2.75) is 0 Å². The van der Waals surface area contributed by atoms with E-state index in [-0.39, 0.29) is 58.0 Å². The predicted molar refractivity (Wildman–Crippen MR) is 37.6 cm³/mol. The normalized spacial score (nSPS) is 8.00. The standard InChI is InChI=1S/C8H7O2.K/c9-6-7-10-8-4-2-1-3-5-8;/h1-5H,7H2;/q-1;+1. The second-order valence-electron chi connectivity index (χ2n) is 1.75. The monoisotopic (exact) mass is 174 g/mol. The minimum absolute atomic E-state index is 0. The van der Waals surface area contributed by atoms with Gasteiger partial charge >= 0.3 is 51.4 Å². The van der Waals surface area contributed by atoms with Gasteiger partial charge in [-0.25, -0.2) is 6.29 Å². The van der Waals surface area contributed by atoms with Crippen LogP contribution in [0.25, 0.3) is 0 Å². The summed E-state index contributed by atoms with van der Waals surface area (Å²) in [4.78, 5) is 9.73. The van der Waals surface area contributed by atoms with Crippen molar-refractivity contribution >= 4 is 6.29 Å². The van der Waals surface area contributed by atoms with E-state index < -0.39 is 0 Å². The summed E-state index contributed by atoms with van der Waals surface area (Å²) in [6, 6.07) is 9.16. The molecule has 52 valence electrons. The van der Waals surface area contributed by atoms with Gasteiger partial charge in [0.2, 0.25) is 0 Å². The smallest absolute Gasteiger partial charge is 0.539 e. The van der Waals surface area contributed by atoms with Gasteiger partial charge < -0.3 is 9.53 Å². The molecule has 1 aromatic rings. The van der Waals surface area contributed by atoms with E-state index in [0.717, 1.165) is 0 Å². The van der Waals surface area contributed by atoms with Crippen LogP contribution in [0.2, 0.25) is 0 Å². The zero-order valence-corrected chi connectivity index (χ0v) is 9.53. The van der Waals surface area contributed by atoms with Gasteiger partial charge in [-0.1, -0.05) is 18.2 Å². The average Bonchev–Trinajstić information content (AvgIpc) is 2.03. The Hall–Kier alpha value is 0.326. The van der Waals surface area contributed by atoms with Crippen molar-refractivity contribution in [1.82, 2.24) is 0 Å². The summed E-state index contributed by atoms with van der Waals surface area (Å²) < 4.78 is 4.93. The van der Waals surface area contributed by atoms with Gasteiger partial charge in [0.05, 0.1) is 0 Å². The van der Waals surface area contributed by atoms with Crippen molar-refractivity contribution in [1.29, 1.82) is 0 Å². The molecular weight excluding hydrogens is 167 g/mol. The van der Waals surface area contributed by atoms with E-state index in [1.165, 1.54) is 0 Å². The van der Waals surface area contributed by atoms with E-state index in [2.05, 4.69) is 0 Å². The fraction of sp³-hybridized carbons (Fsp3) is 0.125. The topological polar surface area (TPSA) is 26.3 Å². The third-order valence-corrected chi connectivity index (χ3v) is 1.04. The SMILES string of the molecule is O=[C-]COc1ccccc1.[K+]. The minimum atomic E-state index is 0. The van der Waals surface area contributed by atoms with Crippen molar-refractivity contribution in [3.63, 3.8) is 0 Å². The molecule has 0 aromatic heterocycles. The van der Waals surface area contributed by atoms with Gasteiger partial charge in [-0.2, -0.15) is 0 Å². The Labute approximate surface area is 108 Å². The van der Waals surface area contributed by atoms with Gasteiger partial charge in [-0.3, -0.25) is 0 Å². The number of rotatable bonds is 3. The fourth-order valence-corrected chi connectivity index (χ4v) is 0.630. The maximum absolute atomic E-state index is 9.73. The van der Waals surface area contributed by atoms with Crippen LogP contribution in [0.1, 0.15) is 0 Å². The molecular formula is C8H7KO2. The second-order valence-corrected chi connectivity index (χ2v) is 1.75. The molecule has 1 aromatic carbocycles. The summed E-state index contributed by atoms with van der Waals surface area (Å²) in [5.74, 6) is 0.700. The molecule has 0 radical (unpaired) electrons. The van der Waals surface area contributed by atoms with Crippen LogP contribution in [0, 0.1) is 0 Å². The zero-order valence-electron chi connectivity index (χ0n) is 6.41. The molecule has 0 saturated heterocycles. The number of ether oxygens (including phenoxy) is 1. The van der Waals surface area contributed by atoms with Crippen LogP contribution in [-0.2, 0) is 4.79 Å². The van der Waals surface area contributed by atoms with Crippen molar-refractivity contribution < 1.29 is 60.9 Å². The predicted octanol–water partition coefficient (Wildman–Crippen LogP) is -1.82. The van der Waals surface area contributed by atoms with Crippen LogP contribution in [0.3, 0.4) is 0 Å². The molecule has 0 bridgehead atoms. The number of para-hydroxylation sites is 1. The summed E-state index contributed by atoms with van der Waals surface area (Å²) in [5, 5.41) is 0. The van der Waals surface area contributed by atoms with E-state index in [9.17, 15) is 4.79 Å². The molecule has 0 aliphatic carbocycles. The number of benzene rings is 1. The summed E-state index contributed by atoms with van der Waals surface area (Å²) in [6.07, 6.45) is 1.64. The van der Waals surface area contributed by atoms with Gasteiger partial charge in [0.25, 0.3) is 0 Å². The second kappa shape index (κ2) is 7.00. The van der Waals surface area contributed by atoms with E-state index in [1.54, 1.807) is 18.4 Å². The van der Waals surface area contributed by atoms with Gasteiger partial charge in [0, 0.05) is 0 Å². The first-order chi connectivity index (χ1) is 4.93. The van der Waals surface area contributed by atoms with Crippen molar-refractivity contribution in [3.8, 4) is 5.75 Å². The minimum Gasteiger partial charge on any atom is -0.539 e. The molecule has 11 heavy (non-hydrogen) atoms. The first-order valence-electron chi connectivity index (χ1n) is 2.96. The Morgan fingerprint density at radius 3 is 2.45 bits per heavy atom. The van der Waals surface area contributed by atoms with E-state index in [1.807, 2.05) is 18.2 Å². The van der Waals surface area contributed by atoms with Gasteiger partial charge in [-0.15, -0.1) is 0 Å². The fourth-order valence-electron chi connectivity index (χ4n) is 0.630. The molecule has 0 aliphatic rings. The Bertz CT molecular complexity index is 199. The molecule has 0 heterocycles. The maximum Gasteiger partial charge on any atom is 1.00 e. The summed E-state index contributed by atoms with van der Waals surface area (Å²) in [6.45, 7) is 0.00398. The Kier molecular flexibility index (Phi) is 7.21. The molecule has 0 saturated carbocycles. The largest absolute Gasteiger partial charge is 1.00 e. The summed E-state index contributed by atoms with van der Waals surface area (Å²) in [5.41, 5.74) is 0. The quantitative estimate of drug-likeness (QED) is 0.398. The summed E-state index contributed by atoms with van der Waals surface area (Å²) in [7, 11) is 0. The third kappa shape index (κ3) is 4.71. The van der Waals surface area contributed by atoms with Crippen LogP contribution in [0.4, 0.5) is 0 Å². The van der Waals surface area contributed by atoms with Crippen molar-refractivity contribution in [2.75, 3.05) is 6.61 Å². The number of carbonyl (C=O) groups excluding carboxylic acids is 1. The molecule has 3 heteroatoms. The van der Waals surface area contributed by atoms with E-state index >= 15 is 0 Å².